The molecule has 0 saturated carbocycles. The molecule has 3 aromatic rings. The molecule has 1 aromatic heterocycles. The van der Waals surface area contributed by atoms with Gasteiger partial charge in [-0.1, -0.05) is 12.1 Å². The van der Waals surface area contributed by atoms with E-state index in [1.807, 2.05) is 4.90 Å². The quantitative estimate of drug-likeness (QED) is 0.696. The average molecular weight is 409 g/mol. The van der Waals surface area contributed by atoms with Gasteiger partial charge < -0.3 is 19.4 Å². The molecule has 0 bridgehead atoms. The van der Waals surface area contributed by atoms with Gasteiger partial charge >= 0.3 is 5.69 Å². The number of amides is 1. The third-order valence-corrected chi connectivity index (χ3v) is 5.42. The third-order valence-electron chi connectivity index (χ3n) is 5.42. The first-order valence-electron chi connectivity index (χ1n) is 9.79. The number of carbonyl (C=O) groups excluding carboxylic acids is 1. The number of fused-ring (bicyclic) bond motifs is 1. The van der Waals surface area contributed by atoms with Crippen molar-refractivity contribution in [3.05, 3.63) is 68.4 Å². The van der Waals surface area contributed by atoms with Crippen molar-refractivity contribution in [1.29, 1.82) is 0 Å². The lowest BCUT2D eigenvalue weighted by Crippen LogP contribution is -2.35. The van der Waals surface area contributed by atoms with Gasteiger partial charge in [0.2, 0.25) is 0 Å². The Morgan fingerprint density at radius 3 is 2.27 bits per heavy atom. The first-order chi connectivity index (χ1) is 14.5. The first kappa shape index (κ1) is 19.8. The molecule has 2 heterocycles. The SMILES string of the molecule is COc1cc2[nH]c(=O)n(Cc3ccc(C(=O)N4CCCC4)cc3)c(=O)c2cc1OC. The van der Waals surface area contributed by atoms with Crippen molar-refractivity contribution in [3.8, 4) is 11.5 Å². The first-order valence-corrected chi connectivity index (χ1v) is 9.79. The lowest BCUT2D eigenvalue weighted by molar-refractivity contribution is 0.0793. The van der Waals surface area contributed by atoms with Gasteiger partial charge in [0.1, 0.15) is 0 Å². The van der Waals surface area contributed by atoms with Gasteiger partial charge in [-0.15, -0.1) is 0 Å². The van der Waals surface area contributed by atoms with Gasteiger partial charge in [0.25, 0.3) is 11.5 Å². The summed E-state index contributed by atoms with van der Waals surface area (Å²) in [5.41, 5.74) is 0.798. The zero-order valence-electron chi connectivity index (χ0n) is 16.9. The Morgan fingerprint density at radius 2 is 1.63 bits per heavy atom. The number of hydrogen-bond donors (Lipinski definition) is 1. The van der Waals surface area contributed by atoms with Crippen LogP contribution in [0.25, 0.3) is 10.9 Å². The van der Waals surface area contributed by atoms with Crippen LogP contribution in [-0.4, -0.2) is 47.7 Å². The van der Waals surface area contributed by atoms with E-state index in [0.29, 0.717) is 28.0 Å². The van der Waals surface area contributed by atoms with Gasteiger partial charge in [-0.05, 0) is 36.6 Å². The van der Waals surface area contributed by atoms with E-state index in [1.165, 1.54) is 14.2 Å². The second kappa shape index (κ2) is 8.06. The van der Waals surface area contributed by atoms with Gasteiger partial charge in [-0.2, -0.15) is 0 Å². The number of likely N-dealkylation sites (tertiary alicyclic amines) is 1. The molecule has 0 unspecified atom stereocenters. The fourth-order valence-electron chi connectivity index (χ4n) is 3.76. The van der Waals surface area contributed by atoms with Crippen LogP contribution < -0.4 is 20.7 Å². The zero-order valence-corrected chi connectivity index (χ0v) is 16.9. The molecule has 8 nitrogen and oxygen atoms in total. The number of ether oxygens (including phenoxy) is 2. The predicted octanol–water partition coefficient (Wildman–Crippen LogP) is 1.99. The molecule has 4 rings (SSSR count). The van der Waals surface area contributed by atoms with E-state index < -0.39 is 11.2 Å². The maximum Gasteiger partial charge on any atom is 0.329 e. The molecule has 0 radical (unpaired) electrons. The average Bonchev–Trinajstić information content (AvgIpc) is 3.30. The number of H-pyrrole nitrogens is 1. The van der Waals surface area contributed by atoms with E-state index in [0.717, 1.165) is 36.1 Å². The molecule has 1 aliphatic heterocycles. The van der Waals surface area contributed by atoms with Crippen LogP contribution >= 0.6 is 0 Å². The fourth-order valence-corrected chi connectivity index (χ4v) is 3.76. The van der Waals surface area contributed by atoms with Crippen molar-refractivity contribution >= 4 is 16.8 Å². The fraction of sp³-hybridized carbons (Fsp3) is 0.318. The van der Waals surface area contributed by atoms with E-state index >= 15 is 0 Å². The number of aromatic amines is 1. The summed E-state index contributed by atoms with van der Waals surface area (Å²) in [5.74, 6) is 0.849. The summed E-state index contributed by atoms with van der Waals surface area (Å²) in [6.07, 6.45) is 2.07. The third kappa shape index (κ3) is 3.56. The highest BCUT2D eigenvalue weighted by atomic mass is 16.5. The molecule has 1 saturated heterocycles. The monoisotopic (exact) mass is 409 g/mol. The second-order valence-electron chi connectivity index (χ2n) is 7.27. The van der Waals surface area contributed by atoms with Gasteiger partial charge in [-0.3, -0.25) is 14.2 Å². The summed E-state index contributed by atoms with van der Waals surface area (Å²) in [7, 11) is 2.97. The van der Waals surface area contributed by atoms with Crippen LogP contribution in [0.5, 0.6) is 11.5 Å². The van der Waals surface area contributed by atoms with Gasteiger partial charge in [-0.25, -0.2) is 4.79 Å². The van der Waals surface area contributed by atoms with E-state index in [1.54, 1.807) is 36.4 Å². The van der Waals surface area contributed by atoms with Gasteiger partial charge in [0.05, 0.1) is 31.7 Å². The van der Waals surface area contributed by atoms with Crippen molar-refractivity contribution in [2.45, 2.75) is 19.4 Å². The van der Waals surface area contributed by atoms with Crippen LogP contribution in [0.3, 0.4) is 0 Å². The minimum absolute atomic E-state index is 0.0146. The minimum Gasteiger partial charge on any atom is -0.493 e. The van der Waals surface area contributed by atoms with Crippen molar-refractivity contribution < 1.29 is 14.3 Å². The normalized spacial score (nSPS) is 13.6. The molecule has 1 fully saturated rings. The van der Waals surface area contributed by atoms with Crippen molar-refractivity contribution in [2.75, 3.05) is 27.3 Å². The van der Waals surface area contributed by atoms with Crippen molar-refractivity contribution in [1.82, 2.24) is 14.5 Å². The topological polar surface area (TPSA) is 93.6 Å². The molecule has 156 valence electrons. The Morgan fingerprint density at radius 1 is 1.00 bits per heavy atom. The Kier molecular flexibility index (Phi) is 5.31. The lowest BCUT2D eigenvalue weighted by Gasteiger charge is -2.15. The van der Waals surface area contributed by atoms with Crippen LogP contribution in [-0.2, 0) is 6.54 Å². The molecule has 8 heteroatoms. The molecule has 30 heavy (non-hydrogen) atoms. The summed E-state index contributed by atoms with van der Waals surface area (Å²) in [6, 6.07) is 10.1. The molecular weight excluding hydrogens is 386 g/mol. The molecule has 1 N–H and O–H groups in total. The van der Waals surface area contributed by atoms with Crippen LogP contribution in [0, 0.1) is 0 Å². The molecular formula is C22H23N3O5. The Labute approximate surface area is 172 Å². The minimum atomic E-state index is -0.517. The zero-order chi connectivity index (χ0) is 21.3. The highest BCUT2D eigenvalue weighted by Gasteiger charge is 2.19. The number of rotatable bonds is 5. The Balaban J connectivity index is 1.65. The molecule has 0 aliphatic carbocycles. The number of nitrogens with one attached hydrogen (secondary N) is 1. The van der Waals surface area contributed by atoms with E-state index in [2.05, 4.69) is 4.98 Å². The van der Waals surface area contributed by atoms with Gasteiger partial charge in [0.15, 0.2) is 11.5 Å². The van der Waals surface area contributed by atoms with Crippen LogP contribution in [0.2, 0.25) is 0 Å². The number of benzene rings is 2. The van der Waals surface area contributed by atoms with Crippen LogP contribution in [0.15, 0.2) is 46.0 Å². The number of nitrogens with zero attached hydrogens (tertiary/aromatic N) is 2. The van der Waals surface area contributed by atoms with Crippen molar-refractivity contribution in [2.24, 2.45) is 0 Å². The highest BCUT2D eigenvalue weighted by molar-refractivity contribution is 5.94. The van der Waals surface area contributed by atoms with E-state index in [-0.39, 0.29) is 12.5 Å². The van der Waals surface area contributed by atoms with Crippen LogP contribution in [0.4, 0.5) is 0 Å². The Hall–Kier alpha value is -3.55. The molecule has 0 atom stereocenters. The maximum atomic E-state index is 13.0. The summed E-state index contributed by atoms with van der Waals surface area (Å²) in [4.78, 5) is 42.5. The summed E-state index contributed by atoms with van der Waals surface area (Å²) in [5, 5.41) is 0.327. The lowest BCUT2D eigenvalue weighted by atomic mass is 10.1. The summed E-state index contributed by atoms with van der Waals surface area (Å²) >= 11 is 0. The molecule has 1 aliphatic rings. The van der Waals surface area contributed by atoms with Gasteiger partial charge in [0, 0.05) is 24.7 Å². The number of hydrogen-bond acceptors (Lipinski definition) is 5. The second-order valence-corrected chi connectivity index (χ2v) is 7.27. The maximum absolute atomic E-state index is 13.0. The standard InChI is InChI=1S/C22H23N3O5/c1-29-18-11-16-17(12-19(18)30-2)23-22(28)25(21(16)27)13-14-5-7-15(8-6-14)20(26)24-9-3-4-10-24/h5-8,11-12H,3-4,9-10,13H2,1-2H3,(H,23,28). The van der Waals surface area contributed by atoms with Crippen LogP contribution in [0.1, 0.15) is 28.8 Å². The van der Waals surface area contributed by atoms with Crippen molar-refractivity contribution in [3.63, 3.8) is 0 Å². The summed E-state index contributed by atoms with van der Waals surface area (Å²) < 4.78 is 11.6. The Bertz CT molecular complexity index is 1200. The smallest absolute Gasteiger partial charge is 0.329 e. The molecule has 0 spiro atoms. The largest absolute Gasteiger partial charge is 0.493 e. The summed E-state index contributed by atoms with van der Waals surface area (Å²) in [6.45, 7) is 1.67. The number of methoxy groups -OCH3 is 2. The predicted molar refractivity (Wildman–Crippen MR) is 113 cm³/mol. The van der Waals surface area contributed by atoms with E-state index in [9.17, 15) is 14.4 Å². The number of aromatic nitrogens is 2. The number of carbonyl (C=O) groups is 1. The molecule has 1 amide bonds. The highest BCUT2D eigenvalue weighted by Crippen LogP contribution is 2.29. The molecule has 2 aromatic carbocycles. The van der Waals surface area contributed by atoms with E-state index in [4.69, 9.17) is 9.47 Å².